The number of benzene rings is 1. The van der Waals surface area contributed by atoms with Crippen molar-refractivity contribution in [2.24, 2.45) is 0 Å². The van der Waals surface area contributed by atoms with Crippen LogP contribution in [-0.2, 0) is 11.2 Å². The van der Waals surface area contributed by atoms with Crippen molar-refractivity contribution in [3.05, 3.63) is 34.6 Å². The van der Waals surface area contributed by atoms with Gasteiger partial charge in [0, 0.05) is 36.7 Å². The number of aromatic nitrogens is 3. The zero-order valence-corrected chi connectivity index (χ0v) is 20.4. The number of aryl methyl sites for hydroxylation is 3. The predicted octanol–water partition coefficient (Wildman–Crippen LogP) is 4.07. The summed E-state index contributed by atoms with van der Waals surface area (Å²) >= 11 is 0. The molecule has 0 aliphatic carbocycles. The van der Waals surface area contributed by atoms with Gasteiger partial charge in [0.05, 0.1) is 23.3 Å². The van der Waals surface area contributed by atoms with Gasteiger partial charge in [-0.25, -0.2) is 4.98 Å². The van der Waals surface area contributed by atoms with Gasteiger partial charge in [-0.3, -0.25) is 0 Å². The van der Waals surface area contributed by atoms with Crippen LogP contribution in [0, 0.1) is 25.2 Å². The summed E-state index contributed by atoms with van der Waals surface area (Å²) in [4.78, 5) is 12.0. The van der Waals surface area contributed by atoms with Gasteiger partial charge in [-0.1, -0.05) is 12.1 Å². The first-order valence-corrected chi connectivity index (χ1v) is 12.3. The zero-order chi connectivity index (χ0) is 23.8. The third-order valence-electron chi connectivity index (χ3n) is 7.21. The van der Waals surface area contributed by atoms with Gasteiger partial charge in [0.15, 0.2) is 5.82 Å². The summed E-state index contributed by atoms with van der Waals surface area (Å²) in [6, 6.07) is 7.63. The first-order chi connectivity index (χ1) is 16.5. The quantitative estimate of drug-likeness (QED) is 0.608. The number of anilines is 1. The van der Waals surface area contributed by atoms with E-state index in [0.717, 1.165) is 78.9 Å². The normalized spacial score (nSPS) is 22.9. The Hall–Kier alpha value is -3.02. The fourth-order valence-electron chi connectivity index (χ4n) is 5.35. The van der Waals surface area contributed by atoms with Crippen molar-refractivity contribution in [3.63, 3.8) is 0 Å². The predicted molar refractivity (Wildman–Crippen MR) is 131 cm³/mol. The summed E-state index contributed by atoms with van der Waals surface area (Å²) in [5, 5.41) is 18.7. The van der Waals surface area contributed by atoms with Gasteiger partial charge < -0.3 is 19.5 Å². The molecule has 2 aromatic heterocycles. The molecule has 5 rings (SSSR count). The highest BCUT2D eigenvalue weighted by molar-refractivity contribution is 5.95. The van der Waals surface area contributed by atoms with Gasteiger partial charge in [0.25, 0.3) is 5.89 Å². The van der Waals surface area contributed by atoms with E-state index in [2.05, 4.69) is 53.3 Å². The van der Waals surface area contributed by atoms with Crippen LogP contribution in [0.4, 0.5) is 5.82 Å². The molecule has 2 saturated heterocycles. The summed E-state index contributed by atoms with van der Waals surface area (Å²) in [5.41, 5.74) is 4.35. The fourth-order valence-corrected chi connectivity index (χ4v) is 5.35. The number of ether oxygens (including phenoxy) is 1. The Morgan fingerprint density at radius 3 is 2.71 bits per heavy atom. The number of fused-ring (bicyclic) bond motifs is 1. The molecule has 3 aromatic rings. The molecule has 0 bridgehead atoms. The maximum absolute atomic E-state index is 9.90. The second-order valence-corrected chi connectivity index (χ2v) is 9.58. The van der Waals surface area contributed by atoms with Crippen molar-refractivity contribution in [3.8, 4) is 17.5 Å². The zero-order valence-electron chi connectivity index (χ0n) is 20.4. The molecule has 1 unspecified atom stereocenters. The third-order valence-corrected chi connectivity index (χ3v) is 7.21. The molecule has 178 valence electrons. The van der Waals surface area contributed by atoms with Crippen LogP contribution in [0.5, 0.6) is 0 Å². The second kappa shape index (κ2) is 9.32. The van der Waals surface area contributed by atoms with E-state index in [-0.39, 0.29) is 6.04 Å². The Morgan fingerprint density at radius 1 is 1.21 bits per heavy atom. The van der Waals surface area contributed by atoms with E-state index in [9.17, 15) is 5.26 Å². The van der Waals surface area contributed by atoms with E-state index < -0.39 is 0 Å². The Labute approximate surface area is 200 Å². The SMILES string of the molecule is CCc1cc(C#N)c2nc(N3CC[C@@H](NC4CCOC4)C[C@H]3C)c(-c3nc(C)no3)c(C)c2c1. The standard InChI is InChI=1S/C26H32N6O2/c1-5-18-11-19(13-27)24-22(12-18)16(3)23(26-28-17(4)31-34-26)25(30-24)32-8-6-20(10-15(32)2)29-21-7-9-33-14-21/h11-12,15,20-21,29H,5-10,14H2,1-4H3/t15-,20-,21?/m1/s1. The number of piperidine rings is 1. The van der Waals surface area contributed by atoms with E-state index in [4.69, 9.17) is 14.2 Å². The Balaban J connectivity index is 1.58. The van der Waals surface area contributed by atoms with Crippen LogP contribution < -0.4 is 10.2 Å². The van der Waals surface area contributed by atoms with Gasteiger partial charge in [-0.05, 0) is 69.7 Å². The number of hydrogen-bond donors (Lipinski definition) is 1. The lowest BCUT2D eigenvalue weighted by molar-refractivity contribution is 0.185. The second-order valence-electron chi connectivity index (χ2n) is 9.58. The average molecular weight is 461 g/mol. The molecule has 0 saturated carbocycles. The largest absolute Gasteiger partial charge is 0.380 e. The van der Waals surface area contributed by atoms with Crippen molar-refractivity contribution in [1.82, 2.24) is 20.4 Å². The monoisotopic (exact) mass is 460 g/mol. The van der Waals surface area contributed by atoms with E-state index in [1.165, 1.54) is 0 Å². The van der Waals surface area contributed by atoms with E-state index in [1.807, 2.05) is 13.0 Å². The van der Waals surface area contributed by atoms with Crippen molar-refractivity contribution in [2.75, 3.05) is 24.7 Å². The summed E-state index contributed by atoms with van der Waals surface area (Å²) in [6.07, 6.45) is 3.96. The molecule has 1 aromatic carbocycles. The first-order valence-electron chi connectivity index (χ1n) is 12.3. The Morgan fingerprint density at radius 2 is 2.06 bits per heavy atom. The molecular weight excluding hydrogens is 428 g/mol. The summed E-state index contributed by atoms with van der Waals surface area (Å²) in [6.45, 7) is 10.7. The lowest BCUT2D eigenvalue weighted by atomic mass is 9.94. The fraction of sp³-hybridized carbons (Fsp3) is 0.538. The lowest BCUT2D eigenvalue weighted by Gasteiger charge is -2.40. The van der Waals surface area contributed by atoms with Crippen LogP contribution in [0.1, 0.15) is 55.6 Å². The molecule has 1 N–H and O–H groups in total. The summed E-state index contributed by atoms with van der Waals surface area (Å²) in [7, 11) is 0. The summed E-state index contributed by atoms with van der Waals surface area (Å²) in [5.74, 6) is 1.90. The molecule has 34 heavy (non-hydrogen) atoms. The topological polar surface area (TPSA) is 100 Å². The molecule has 0 spiro atoms. The Kier molecular flexibility index (Phi) is 6.24. The van der Waals surface area contributed by atoms with Crippen molar-refractivity contribution in [2.45, 2.75) is 71.5 Å². The van der Waals surface area contributed by atoms with Crippen LogP contribution in [0.25, 0.3) is 22.4 Å². The van der Waals surface area contributed by atoms with Crippen LogP contribution in [0.2, 0.25) is 0 Å². The highest BCUT2D eigenvalue weighted by Crippen LogP contribution is 2.39. The van der Waals surface area contributed by atoms with Crippen LogP contribution in [0.15, 0.2) is 16.7 Å². The van der Waals surface area contributed by atoms with Gasteiger partial charge >= 0.3 is 0 Å². The molecule has 8 heteroatoms. The number of nitriles is 1. The van der Waals surface area contributed by atoms with Crippen molar-refractivity contribution in [1.29, 1.82) is 5.26 Å². The van der Waals surface area contributed by atoms with Crippen LogP contribution in [0.3, 0.4) is 0 Å². The first kappa shape index (κ1) is 22.8. The number of rotatable bonds is 5. The molecule has 0 amide bonds. The smallest absolute Gasteiger partial charge is 0.261 e. The van der Waals surface area contributed by atoms with Crippen molar-refractivity contribution >= 4 is 16.7 Å². The minimum absolute atomic E-state index is 0.265. The van der Waals surface area contributed by atoms with E-state index in [0.29, 0.717) is 29.4 Å². The van der Waals surface area contributed by atoms with E-state index in [1.54, 1.807) is 0 Å². The minimum atomic E-state index is 0.265. The highest BCUT2D eigenvalue weighted by Gasteiger charge is 2.32. The number of nitrogens with one attached hydrogen (secondary N) is 1. The van der Waals surface area contributed by atoms with Gasteiger partial charge in [0.2, 0.25) is 0 Å². The maximum atomic E-state index is 9.90. The third kappa shape index (κ3) is 4.15. The molecule has 0 radical (unpaired) electrons. The van der Waals surface area contributed by atoms with Crippen LogP contribution >= 0.6 is 0 Å². The number of pyridine rings is 1. The molecule has 2 aliphatic heterocycles. The lowest BCUT2D eigenvalue weighted by Crippen LogP contribution is -2.50. The van der Waals surface area contributed by atoms with E-state index >= 15 is 0 Å². The Bertz CT molecular complexity index is 1240. The maximum Gasteiger partial charge on any atom is 0.261 e. The molecular formula is C26H32N6O2. The van der Waals surface area contributed by atoms with Gasteiger partial charge in [0.1, 0.15) is 11.9 Å². The van der Waals surface area contributed by atoms with Crippen LogP contribution in [-0.4, -0.2) is 53.0 Å². The average Bonchev–Trinajstić information content (AvgIpc) is 3.50. The van der Waals surface area contributed by atoms with Gasteiger partial charge in [-0.15, -0.1) is 0 Å². The molecule has 3 atom stereocenters. The molecule has 2 aliphatic rings. The minimum Gasteiger partial charge on any atom is -0.380 e. The highest BCUT2D eigenvalue weighted by atomic mass is 16.5. The molecule has 2 fully saturated rings. The number of nitrogens with zero attached hydrogens (tertiary/aromatic N) is 5. The molecule has 8 nitrogen and oxygen atoms in total. The number of hydrogen-bond acceptors (Lipinski definition) is 8. The van der Waals surface area contributed by atoms with Crippen molar-refractivity contribution < 1.29 is 9.26 Å². The van der Waals surface area contributed by atoms with Gasteiger partial charge in [-0.2, -0.15) is 10.2 Å². The molecule has 4 heterocycles. The summed E-state index contributed by atoms with van der Waals surface area (Å²) < 4.78 is 11.2.